The molecule has 0 aromatic carbocycles. The molecule has 4 heavy (non-hydrogen) atoms. The first-order valence-electron chi connectivity index (χ1n) is 0. The van der Waals surface area contributed by atoms with E-state index >= 15 is 0 Å². The molecule has 0 saturated heterocycles. The molecule has 0 bridgehead atoms. The maximum atomic E-state index is 0. The van der Waals surface area contributed by atoms with Crippen molar-refractivity contribution in [1.29, 1.82) is 0 Å². The van der Waals surface area contributed by atoms with Gasteiger partial charge in [0.1, 0.15) is 0 Å². The molecule has 0 spiro atoms. The van der Waals surface area contributed by atoms with E-state index in [1.54, 1.807) is 0 Å². The van der Waals surface area contributed by atoms with E-state index < -0.39 is 0 Å². The van der Waals surface area contributed by atoms with Gasteiger partial charge in [-0.3, -0.25) is 0 Å². The SMILES string of the molecule is [Ce+3].[Co+2].[O-2].[Zn+2]. The Kier molecular flexibility index (Phi) is 142. The second-order valence-corrected chi connectivity index (χ2v) is 0. The molecule has 0 fully saturated rings. The molecule has 0 aliphatic rings. The van der Waals surface area contributed by atoms with Crippen LogP contribution in [0.15, 0.2) is 0 Å². The van der Waals surface area contributed by atoms with Gasteiger partial charge in [0.25, 0.3) is 0 Å². The van der Waals surface area contributed by atoms with Gasteiger partial charge in [0.2, 0.25) is 0 Å². The van der Waals surface area contributed by atoms with Crippen molar-refractivity contribution in [2.45, 2.75) is 0 Å². The molecule has 1 nitrogen and oxygen atoms in total. The van der Waals surface area contributed by atoms with Gasteiger partial charge in [-0.15, -0.1) is 0 Å². The molecule has 0 aliphatic carbocycles. The van der Waals surface area contributed by atoms with Crippen molar-refractivity contribution < 1.29 is 83.5 Å². The Morgan fingerprint density at radius 2 is 1.00 bits per heavy atom. The van der Waals surface area contributed by atoms with Crippen molar-refractivity contribution in [2.24, 2.45) is 0 Å². The zero-order chi connectivity index (χ0) is 0. The first-order valence-corrected chi connectivity index (χ1v) is 0. The van der Waals surface area contributed by atoms with Crippen LogP contribution in [0.3, 0.4) is 0 Å². The topological polar surface area (TPSA) is 28.5 Å². The Bertz CT molecular complexity index is 8.00. The summed E-state index contributed by atoms with van der Waals surface area (Å²) in [4.78, 5) is 0. The van der Waals surface area contributed by atoms with E-state index in [4.69, 9.17) is 0 Å². The van der Waals surface area contributed by atoms with Crippen molar-refractivity contribution in [3.63, 3.8) is 0 Å². The molecule has 4 heteroatoms. The van der Waals surface area contributed by atoms with Gasteiger partial charge in [-0.1, -0.05) is 0 Å². The quantitative estimate of drug-likeness (QED) is 0.554. The van der Waals surface area contributed by atoms with Crippen LogP contribution in [0, 0.1) is 41.7 Å². The number of hydrogen-bond donors (Lipinski definition) is 0. The summed E-state index contributed by atoms with van der Waals surface area (Å²) in [6.45, 7) is 0. The molecule has 2 radical (unpaired) electrons. The normalized spacial score (nSPS) is 0. The van der Waals surface area contributed by atoms with Crippen LogP contribution in [0.25, 0.3) is 0 Å². The molecule has 0 aromatic heterocycles. The Morgan fingerprint density at radius 1 is 1.00 bits per heavy atom. The zero-order valence-corrected chi connectivity index (χ0v) is 9.10. The average Bonchev–Trinajstić information content (AvgIpc) is 0. The van der Waals surface area contributed by atoms with Crippen LogP contribution in [0.1, 0.15) is 0 Å². The average molecular weight is 280 g/mol. The van der Waals surface area contributed by atoms with Gasteiger partial charge in [0.05, 0.1) is 0 Å². The van der Waals surface area contributed by atoms with E-state index in [0.717, 1.165) is 0 Å². The van der Waals surface area contributed by atoms with Gasteiger partial charge < -0.3 is 5.48 Å². The summed E-state index contributed by atoms with van der Waals surface area (Å²) in [5.41, 5.74) is 0. The number of rotatable bonds is 0. The van der Waals surface area contributed by atoms with Crippen molar-refractivity contribution in [3.05, 3.63) is 0 Å². The van der Waals surface area contributed by atoms with E-state index in [-0.39, 0.29) is 83.5 Å². The summed E-state index contributed by atoms with van der Waals surface area (Å²) >= 11 is 0. The smallest absolute Gasteiger partial charge is 2.00 e. The van der Waals surface area contributed by atoms with Crippen LogP contribution < -0.4 is 0 Å². The molecule has 0 aliphatic heterocycles. The fourth-order valence-electron chi connectivity index (χ4n) is 0. The van der Waals surface area contributed by atoms with E-state index in [1.807, 2.05) is 0 Å². The third-order valence-electron chi connectivity index (χ3n) is 0. The molecule has 0 rings (SSSR count). The van der Waals surface area contributed by atoms with Crippen LogP contribution >= 0.6 is 0 Å². The Labute approximate surface area is 81.9 Å². The minimum absolute atomic E-state index is 0. The third-order valence-corrected chi connectivity index (χ3v) is 0. The van der Waals surface area contributed by atoms with Crippen molar-refractivity contribution in [2.75, 3.05) is 0 Å². The molecule has 0 unspecified atom stereocenters. The van der Waals surface area contributed by atoms with Crippen LogP contribution in [-0.4, -0.2) is 0 Å². The molecule has 0 N–H and O–H groups in total. The van der Waals surface area contributed by atoms with E-state index in [1.165, 1.54) is 0 Å². The molecule has 0 amide bonds. The van der Waals surface area contributed by atoms with E-state index in [0.29, 0.717) is 0 Å². The molecule has 0 saturated carbocycles. The van der Waals surface area contributed by atoms with Crippen molar-refractivity contribution in [1.82, 2.24) is 0 Å². The van der Waals surface area contributed by atoms with E-state index in [2.05, 4.69) is 0 Å². The van der Waals surface area contributed by atoms with Gasteiger partial charge in [-0.2, -0.15) is 0 Å². The van der Waals surface area contributed by atoms with E-state index in [9.17, 15) is 0 Å². The van der Waals surface area contributed by atoms with Gasteiger partial charge in [-0.25, -0.2) is 0 Å². The van der Waals surface area contributed by atoms with Gasteiger partial charge in [-0.05, 0) is 0 Å². The second kappa shape index (κ2) is 17.9. The summed E-state index contributed by atoms with van der Waals surface area (Å²) in [6.07, 6.45) is 0. The van der Waals surface area contributed by atoms with Gasteiger partial charge >= 0.3 is 78.0 Å². The Morgan fingerprint density at radius 3 is 1.00 bits per heavy atom. The first kappa shape index (κ1) is 31.8. The number of hydrogen-bond acceptors (Lipinski definition) is 0. The summed E-state index contributed by atoms with van der Waals surface area (Å²) < 4.78 is 0. The molecule has 16 valence electrons. The summed E-state index contributed by atoms with van der Waals surface area (Å²) in [5.74, 6) is 0. The molecular weight excluding hydrogens is 280 g/mol. The largest absolute Gasteiger partial charge is 3.00 e. The standard InChI is InChI=1S/Ce.Co.O.Zn/q+3;+2;-2;+2. The second-order valence-electron chi connectivity index (χ2n) is 0. The maximum absolute atomic E-state index is 0. The molecular formula is CeCoOZn+5. The molecule has 0 atom stereocenters. The summed E-state index contributed by atoms with van der Waals surface area (Å²) in [6, 6.07) is 0. The van der Waals surface area contributed by atoms with Crippen LogP contribution in [0.4, 0.5) is 0 Å². The maximum Gasteiger partial charge on any atom is 3.00 e. The molecule has 0 aromatic rings. The van der Waals surface area contributed by atoms with Crippen LogP contribution in [0.2, 0.25) is 0 Å². The first-order chi connectivity index (χ1) is 0. The predicted octanol–water partition coefficient (Wildman–Crippen LogP) is -0.124. The third kappa shape index (κ3) is 8.82. The van der Waals surface area contributed by atoms with Crippen molar-refractivity contribution in [3.8, 4) is 0 Å². The fourth-order valence-corrected chi connectivity index (χ4v) is 0. The minimum atomic E-state index is 0. The monoisotopic (exact) mass is 279 g/mol. The Hall–Kier alpha value is 2.47. The fraction of sp³-hybridized carbons (Fsp3) is 0. The van der Waals surface area contributed by atoms with Crippen molar-refractivity contribution >= 4 is 0 Å². The predicted molar refractivity (Wildman–Crippen MR) is 0.686 cm³/mol. The van der Waals surface area contributed by atoms with Crippen LogP contribution in [0.5, 0.6) is 0 Å². The molecule has 0 heterocycles. The summed E-state index contributed by atoms with van der Waals surface area (Å²) in [7, 11) is 0. The minimum Gasteiger partial charge on any atom is -2.00 e. The summed E-state index contributed by atoms with van der Waals surface area (Å²) in [5, 5.41) is 0. The Balaban J connectivity index is 0. The van der Waals surface area contributed by atoms with Crippen LogP contribution in [-0.2, 0) is 41.7 Å². The van der Waals surface area contributed by atoms with Gasteiger partial charge in [0.15, 0.2) is 0 Å². The van der Waals surface area contributed by atoms with Gasteiger partial charge in [0, 0.05) is 0 Å². The zero-order valence-electron chi connectivity index (χ0n) is 1.95.